The number of ether oxygens (including phenoxy) is 1. The highest BCUT2D eigenvalue weighted by molar-refractivity contribution is 9.10. The molecule has 0 spiro atoms. The monoisotopic (exact) mass is 309 g/mol. The molecule has 1 aromatic carbocycles. The second-order valence-corrected chi connectivity index (χ2v) is 4.03. The van der Waals surface area contributed by atoms with Gasteiger partial charge in [0.05, 0.1) is 17.5 Å². The van der Waals surface area contributed by atoms with Gasteiger partial charge in [0.1, 0.15) is 5.82 Å². The molecule has 0 aliphatic rings. The maximum Gasteiger partial charge on any atom is 0.312 e. The minimum Gasteiger partial charge on any atom is -0.493 e. The Labute approximate surface area is 104 Å². The fourth-order valence-electron chi connectivity index (χ4n) is 1.42. The van der Waals surface area contributed by atoms with E-state index in [2.05, 4.69) is 15.9 Å². The molecule has 0 radical (unpaired) electrons. The van der Waals surface area contributed by atoms with Crippen LogP contribution in [0.4, 0.5) is 8.78 Å². The molecule has 94 valence electrons. The summed E-state index contributed by atoms with van der Waals surface area (Å²) < 4.78 is 31.3. The molecule has 0 saturated heterocycles. The first-order valence-corrected chi connectivity index (χ1v) is 5.37. The Bertz CT molecular complexity index is 454. The van der Waals surface area contributed by atoms with Gasteiger partial charge in [0.25, 0.3) is 0 Å². The first kappa shape index (κ1) is 13.9. The van der Waals surface area contributed by atoms with E-state index in [-0.39, 0.29) is 17.9 Å². The fraction of sp³-hybridized carbons (Fsp3) is 0.300. The average Bonchev–Trinajstić information content (AvgIpc) is 2.27. The van der Waals surface area contributed by atoms with E-state index in [4.69, 9.17) is 15.6 Å². The van der Waals surface area contributed by atoms with Gasteiger partial charge in [-0.05, 0) is 22.0 Å². The lowest BCUT2D eigenvalue weighted by Crippen LogP contribution is -2.22. The molecule has 17 heavy (non-hydrogen) atoms. The quantitative estimate of drug-likeness (QED) is 0.833. The van der Waals surface area contributed by atoms with Crippen LogP contribution >= 0.6 is 15.9 Å². The molecule has 1 rings (SSSR count). The van der Waals surface area contributed by atoms with Gasteiger partial charge in [-0.1, -0.05) is 0 Å². The molecule has 1 unspecified atom stereocenters. The van der Waals surface area contributed by atoms with E-state index in [0.717, 1.165) is 6.07 Å². The van der Waals surface area contributed by atoms with Gasteiger partial charge in [-0.25, -0.2) is 8.78 Å². The number of benzene rings is 1. The number of nitrogens with two attached hydrogens (primary N) is 1. The van der Waals surface area contributed by atoms with Crippen molar-refractivity contribution < 1.29 is 23.4 Å². The predicted octanol–water partition coefficient (Wildman–Crippen LogP) is 1.86. The maximum atomic E-state index is 13.6. The Balaban J connectivity index is 3.46. The zero-order valence-electron chi connectivity index (χ0n) is 8.84. The third-order valence-electron chi connectivity index (χ3n) is 2.26. The molecule has 0 amide bonds. The predicted molar refractivity (Wildman–Crippen MR) is 60.0 cm³/mol. The summed E-state index contributed by atoms with van der Waals surface area (Å²) in [4.78, 5) is 10.9. The van der Waals surface area contributed by atoms with Crippen molar-refractivity contribution in [1.82, 2.24) is 0 Å². The highest BCUT2D eigenvalue weighted by Gasteiger charge is 2.27. The first-order chi connectivity index (χ1) is 7.93. The summed E-state index contributed by atoms with van der Waals surface area (Å²) >= 11 is 2.70. The lowest BCUT2D eigenvalue weighted by molar-refractivity contribution is -0.138. The number of methoxy groups -OCH3 is 1. The normalized spacial score (nSPS) is 12.3. The van der Waals surface area contributed by atoms with E-state index in [1.54, 1.807) is 0 Å². The van der Waals surface area contributed by atoms with Crippen LogP contribution < -0.4 is 10.5 Å². The number of carbonyl (C=O) groups is 1. The first-order valence-electron chi connectivity index (χ1n) is 4.58. The van der Waals surface area contributed by atoms with Crippen LogP contribution in [0.3, 0.4) is 0 Å². The minimum atomic E-state index is -1.27. The van der Waals surface area contributed by atoms with Crippen LogP contribution in [0.25, 0.3) is 0 Å². The van der Waals surface area contributed by atoms with Gasteiger partial charge in [0.2, 0.25) is 0 Å². The Morgan fingerprint density at radius 1 is 1.65 bits per heavy atom. The Morgan fingerprint density at radius 3 is 2.65 bits per heavy atom. The van der Waals surface area contributed by atoms with Crippen molar-refractivity contribution >= 4 is 21.9 Å². The summed E-state index contributed by atoms with van der Waals surface area (Å²) in [6, 6.07) is 0.900. The lowest BCUT2D eigenvalue weighted by atomic mass is 9.98. The standard InChI is InChI=1S/C10H10BrF2NO3/c1-17-9-4(5(3-14)10(15)16)2-6(12)7(11)8(9)13/h2,5H,3,14H2,1H3,(H,15,16). The second-order valence-electron chi connectivity index (χ2n) is 3.24. The number of hydrogen-bond acceptors (Lipinski definition) is 3. The van der Waals surface area contributed by atoms with Crippen molar-refractivity contribution in [2.24, 2.45) is 5.73 Å². The molecule has 4 nitrogen and oxygen atoms in total. The van der Waals surface area contributed by atoms with Crippen LogP contribution in [0.5, 0.6) is 5.75 Å². The third-order valence-corrected chi connectivity index (χ3v) is 2.99. The van der Waals surface area contributed by atoms with Crippen LogP contribution in [-0.4, -0.2) is 24.7 Å². The molecule has 0 aromatic heterocycles. The SMILES string of the molecule is COc1c(C(CN)C(=O)O)cc(F)c(Br)c1F. The van der Waals surface area contributed by atoms with Crippen LogP contribution in [0, 0.1) is 11.6 Å². The van der Waals surface area contributed by atoms with Crippen LogP contribution in [0.15, 0.2) is 10.5 Å². The number of rotatable bonds is 4. The minimum absolute atomic E-state index is 0.124. The maximum absolute atomic E-state index is 13.6. The van der Waals surface area contributed by atoms with Crippen molar-refractivity contribution in [1.29, 1.82) is 0 Å². The number of hydrogen-bond donors (Lipinski definition) is 2. The Hall–Kier alpha value is -1.21. The molecule has 1 atom stereocenters. The molecule has 0 heterocycles. The lowest BCUT2D eigenvalue weighted by Gasteiger charge is -2.16. The number of aliphatic carboxylic acids is 1. The molecule has 7 heteroatoms. The van der Waals surface area contributed by atoms with E-state index in [0.29, 0.717) is 0 Å². The van der Waals surface area contributed by atoms with Crippen LogP contribution in [0.1, 0.15) is 11.5 Å². The summed E-state index contributed by atoms with van der Waals surface area (Å²) in [6.45, 7) is -0.286. The molecule has 0 aliphatic heterocycles. The largest absolute Gasteiger partial charge is 0.493 e. The molecular formula is C10H10BrF2NO3. The van der Waals surface area contributed by atoms with Crippen molar-refractivity contribution in [3.05, 3.63) is 27.7 Å². The van der Waals surface area contributed by atoms with Gasteiger partial charge in [0, 0.05) is 12.1 Å². The van der Waals surface area contributed by atoms with Crippen LogP contribution in [0.2, 0.25) is 0 Å². The van der Waals surface area contributed by atoms with Crippen molar-refractivity contribution in [2.45, 2.75) is 5.92 Å². The van der Waals surface area contributed by atoms with Crippen LogP contribution in [-0.2, 0) is 4.79 Å². The highest BCUT2D eigenvalue weighted by atomic mass is 79.9. The zero-order valence-corrected chi connectivity index (χ0v) is 10.4. The molecule has 0 bridgehead atoms. The smallest absolute Gasteiger partial charge is 0.312 e. The number of halogens is 3. The second kappa shape index (κ2) is 5.42. The molecule has 3 N–H and O–H groups in total. The van der Waals surface area contributed by atoms with E-state index in [9.17, 15) is 13.6 Å². The van der Waals surface area contributed by atoms with Gasteiger partial charge >= 0.3 is 5.97 Å². The number of carboxylic acids is 1. The van der Waals surface area contributed by atoms with Gasteiger partial charge in [-0.3, -0.25) is 4.79 Å². The van der Waals surface area contributed by atoms with E-state index in [1.165, 1.54) is 7.11 Å². The third kappa shape index (κ3) is 2.55. The summed E-state index contributed by atoms with van der Waals surface area (Å²) in [5.74, 6) is -4.70. The summed E-state index contributed by atoms with van der Waals surface area (Å²) in [5, 5.41) is 8.91. The van der Waals surface area contributed by atoms with Gasteiger partial charge in [-0.15, -0.1) is 0 Å². The molecule has 1 aromatic rings. The molecule has 0 fully saturated rings. The highest BCUT2D eigenvalue weighted by Crippen LogP contribution is 2.35. The van der Waals surface area contributed by atoms with Gasteiger partial charge < -0.3 is 15.6 Å². The summed E-state index contributed by atoms with van der Waals surface area (Å²) in [6.07, 6.45) is 0. The molecule has 0 aliphatic carbocycles. The van der Waals surface area contributed by atoms with Crippen molar-refractivity contribution in [2.75, 3.05) is 13.7 Å². The van der Waals surface area contributed by atoms with E-state index in [1.807, 2.05) is 0 Å². The Kier molecular flexibility index (Phi) is 4.41. The van der Waals surface area contributed by atoms with Gasteiger partial charge in [-0.2, -0.15) is 0 Å². The Morgan fingerprint density at radius 2 is 2.24 bits per heavy atom. The topological polar surface area (TPSA) is 72.5 Å². The zero-order chi connectivity index (χ0) is 13.2. The van der Waals surface area contributed by atoms with Gasteiger partial charge in [0.15, 0.2) is 11.6 Å². The van der Waals surface area contributed by atoms with E-state index < -0.39 is 28.0 Å². The van der Waals surface area contributed by atoms with Crippen molar-refractivity contribution in [3.63, 3.8) is 0 Å². The van der Waals surface area contributed by atoms with Crippen molar-refractivity contribution in [3.8, 4) is 5.75 Å². The molecular weight excluding hydrogens is 300 g/mol. The summed E-state index contributed by atoms with van der Waals surface area (Å²) in [7, 11) is 1.17. The average molecular weight is 310 g/mol. The fourth-order valence-corrected chi connectivity index (χ4v) is 1.72. The summed E-state index contributed by atoms with van der Waals surface area (Å²) in [5.41, 5.74) is 5.15. The molecule has 0 saturated carbocycles. The van der Waals surface area contributed by atoms with E-state index >= 15 is 0 Å². The number of carboxylic acid groups (broad SMARTS) is 1.